The van der Waals surface area contributed by atoms with Crippen LogP contribution in [0.15, 0.2) is 18.5 Å². The summed E-state index contributed by atoms with van der Waals surface area (Å²) in [5.41, 5.74) is 3.07. The predicted octanol–water partition coefficient (Wildman–Crippen LogP) is 2.74. The molecule has 2 heterocycles. The van der Waals surface area contributed by atoms with Gasteiger partial charge in [0.1, 0.15) is 0 Å². The fourth-order valence-electron chi connectivity index (χ4n) is 3.57. The summed E-state index contributed by atoms with van der Waals surface area (Å²) in [5, 5.41) is 3.83. The van der Waals surface area contributed by atoms with Crippen molar-refractivity contribution in [3.8, 4) is 0 Å². The van der Waals surface area contributed by atoms with Crippen LogP contribution in [-0.2, 0) is 6.54 Å². The van der Waals surface area contributed by atoms with Gasteiger partial charge in [0.2, 0.25) is 0 Å². The maximum Gasteiger partial charge on any atom is 0.0309 e. The summed E-state index contributed by atoms with van der Waals surface area (Å²) in [7, 11) is 0. The highest BCUT2D eigenvalue weighted by atomic mass is 15.3. The first kappa shape index (κ1) is 14.0. The summed E-state index contributed by atoms with van der Waals surface area (Å²) >= 11 is 0. The first-order chi connectivity index (χ1) is 9.62. The van der Waals surface area contributed by atoms with Gasteiger partial charge in [-0.3, -0.25) is 9.88 Å². The molecular formula is C17H27N3. The zero-order chi connectivity index (χ0) is 14.2. The van der Waals surface area contributed by atoms with Gasteiger partial charge in [0.25, 0.3) is 0 Å². The average Bonchev–Trinajstić information content (AvgIpc) is 3.27. The van der Waals surface area contributed by atoms with E-state index in [2.05, 4.69) is 42.0 Å². The summed E-state index contributed by atoms with van der Waals surface area (Å²) < 4.78 is 0. The molecule has 2 unspecified atom stereocenters. The Hall–Kier alpha value is -0.930. The molecule has 0 spiro atoms. The molecule has 1 aliphatic heterocycles. The SMILES string of the molecule is CCC1CNC(C)(C2CC2)CN1Cc1ccncc1C. The Kier molecular flexibility index (Phi) is 3.83. The molecule has 0 amide bonds. The number of hydrogen-bond donors (Lipinski definition) is 1. The molecule has 0 bridgehead atoms. The largest absolute Gasteiger partial charge is 0.308 e. The number of aromatic nitrogens is 1. The van der Waals surface area contributed by atoms with Crippen LogP contribution in [0, 0.1) is 12.8 Å². The molecule has 2 fully saturated rings. The lowest BCUT2D eigenvalue weighted by Crippen LogP contribution is -2.63. The van der Waals surface area contributed by atoms with Crippen molar-refractivity contribution in [1.29, 1.82) is 0 Å². The molecule has 3 heteroatoms. The topological polar surface area (TPSA) is 28.2 Å². The summed E-state index contributed by atoms with van der Waals surface area (Å²) in [6, 6.07) is 2.84. The van der Waals surface area contributed by atoms with Crippen molar-refractivity contribution in [2.45, 2.75) is 58.2 Å². The number of piperazine rings is 1. The number of nitrogens with zero attached hydrogens (tertiary/aromatic N) is 2. The second kappa shape index (κ2) is 5.45. The second-order valence-electron chi connectivity index (χ2n) is 6.84. The van der Waals surface area contributed by atoms with E-state index >= 15 is 0 Å². The predicted molar refractivity (Wildman–Crippen MR) is 82.6 cm³/mol. The molecule has 1 aromatic rings. The Morgan fingerprint density at radius 2 is 2.25 bits per heavy atom. The van der Waals surface area contributed by atoms with Crippen molar-refractivity contribution >= 4 is 0 Å². The Morgan fingerprint density at radius 1 is 1.45 bits per heavy atom. The van der Waals surface area contributed by atoms with Gasteiger partial charge in [-0.05, 0) is 56.2 Å². The van der Waals surface area contributed by atoms with Gasteiger partial charge < -0.3 is 5.32 Å². The molecule has 1 aliphatic carbocycles. The van der Waals surface area contributed by atoms with Crippen LogP contribution in [0.4, 0.5) is 0 Å². The van der Waals surface area contributed by atoms with E-state index < -0.39 is 0 Å². The first-order valence-electron chi connectivity index (χ1n) is 8.01. The number of nitrogens with one attached hydrogen (secondary N) is 1. The number of rotatable bonds is 4. The standard InChI is InChI=1S/C17H27N3/c1-4-16-10-19-17(3,15-5-6-15)12-20(16)11-14-7-8-18-9-13(14)2/h7-9,15-16,19H,4-6,10-12H2,1-3H3. The fourth-order valence-corrected chi connectivity index (χ4v) is 3.57. The van der Waals surface area contributed by atoms with E-state index in [-0.39, 0.29) is 0 Å². The zero-order valence-corrected chi connectivity index (χ0v) is 13.0. The van der Waals surface area contributed by atoms with Crippen LogP contribution in [0.5, 0.6) is 0 Å². The summed E-state index contributed by atoms with van der Waals surface area (Å²) in [6.07, 6.45) is 7.94. The molecule has 1 aromatic heterocycles. The molecule has 110 valence electrons. The van der Waals surface area contributed by atoms with E-state index in [4.69, 9.17) is 0 Å². The number of aryl methyl sites for hydroxylation is 1. The summed E-state index contributed by atoms with van der Waals surface area (Å²) in [6.45, 7) is 10.3. The second-order valence-corrected chi connectivity index (χ2v) is 6.84. The van der Waals surface area contributed by atoms with E-state index in [0.29, 0.717) is 11.6 Å². The Balaban J connectivity index is 1.75. The van der Waals surface area contributed by atoms with Gasteiger partial charge in [0, 0.05) is 43.6 Å². The summed E-state index contributed by atoms with van der Waals surface area (Å²) in [5.74, 6) is 0.890. The van der Waals surface area contributed by atoms with Gasteiger partial charge in [0.15, 0.2) is 0 Å². The smallest absolute Gasteiger partial charge is 0.0309 e. The Morgan fingerprint density at radius 3 is 2.90 bits per heavy atom. The third-order valence-electron chi connectivity index (χ3n) is 5.25. The van der Waals surface area contributed by atoms with Gasteiger partial charge in [-0.2, -0.15) is 0 Å². The van der Waals surface area contributed by atoms with E-state index in [1.54, 1.807) is 0 Å². The molecule has 3 nitrogen and oxygen atoms in total. The minimum absolute atomic E-state index is 0.326. The highest BCUT2D eigenvalue weighted by Crippen LogP contribution is 2.41. The van der Waals surface area contributed by atoms with Crippen molar-refractivity contribution in [3.63, 3.8) is 0 Å². The van der Waals surface area contributed by atoms with E-state index in [1.807, 2.05) is 12.4 Å². The minimum atomic E-state index is 0.326. The minimum Gasteiger partial charge on any atom is -0.308 e. The lowest BCUT2D eigenvalue weighted by molar-refractivity contribution is 0.0664. The molecule has 1 N–H and O–H groups in total. The number of hydrogen-bond acceptors (Lipinski definition) is 3. The molecule has 1 saturated carbocycles. The molecule has 2 atom stereocenters. The molecule has 0 radical (unpaired) electrons. The van der Waals surface area contributed by atoms with Crippen LogP contribution in [0.25, 0.3) is 0 Å². The van der Waals surface area contributed by atoms with Gasteiger partial charge >= 0.3 is 0 Å². The van der Waals surface area contributed by atoms with Gasteiger partial charge in [-0.1, -0.05) is 6.92 Å². The normalized spacial score (nSPS) is 31.4. The van der Waals surface area contributed by atoms with Crippen molar-refractivity contribution < 1.29 is 0 Å². The van der Waals surface area contributed by atoms with Crippen LogP contribution in [0.1, 0.15) is 44.2 Å². The first-order valence-corrected chi connectivity index (χ1v) is 8.01. The van der Waals surface area contributed by atoms with Crippen molar-refractivity contribution in [3.05, 3.63) is 29.6 Å². The van der Waals surface area contributed by atoms with E-state index in [0.717, 1.165) is 19.0 Å². The highest BCUT2D eigenvalue weighted by Gasteiger charge is 2.45. The van der Waals surface area contributed by atoms with Gasteiger partial charge in [-0.25, -0.2) is 0 Å². The van der Waals surface area contributed by atoms with Crippen molar-refractivity contribution in [2.75, 3.05) is 13.1 Å². The average molecular weight is 273 g/mol. The van der Waals surface area contributed by atoms with Gasteiger partial charge in [-0.15, -0.1) is 0 Å². The maximum atomic E-state index is 4.21. The lowest BCUT2D eigenvalue weighted by Gasteiger charge is -2.46. The molecular weight excluding hydrogens is 246 g/mol. The summed E-state index contributed by atoms with van der Waals surface area (Å²) in [4.78, 5) is 6.90. The van der Waals surface area contributed by atoms with E-state index in [1.165, 1.54) is 36.9 Å². The van der Waals surface area contributed by atoms with Crippen LogP contribution in [0.2, 0.25) is 0 Å². The maximum absolute atomic E-state index is 4.21. The molecule has 20 heavy (non-hydrogen) atoms. The molecule has 0 aromatic carbocycles. The van der Waals surface area contributed by atoms with Gasteiger partial charge in [0.05, 0.1) is 0 Å². The lowest BCUT2D eigenvalue weighted by atomic mass is 9.90. The third kappa shape index (κ3) is 2.75. The van der Waals surface area contributed by atoms with Crippen molar-refractivity contribution in [2.24, 2.45) is 5.92 Å². The highest BCUT2D eigenvalue weighted by molar-refractivity contribution is 5.22. The Bertz CT molecular complexity index is 469. The molecule has 1 saturated heterocycles. The van der Waals surface area contributed by atoms with E-state index in [9.17, 15) is 0 Å². The van der Waals surface area contributed by atoms with Crippen LogP contribution in [-0.4, -0.2) is 34.6 Å². The quantitative estimate of drug-likeness (QED) is 0.914. The fraction of sp³-hybridized carbons (Fsp3) is 0.706. The van der Waals surface area contributed by atoms with Crippen LogP contribution < -0.4 is 5.32 Å². The van der Waals surface area contributed by atoms with Crippen LogP contribution in [0.3, 0.4) is 0 Å². The third-order valence-corrected chi connectivity index (χ3v) is 5.25. The number of pyridine rings is 1. The van der Waals surface area contributed by atoms with Crippen LogP contribution >= 0.6 is 0 Å². The zero-order valence-electron chi connectivity index (χ0n) is 13.0. The van der Waals surface area contributed by atoms with Crippen molar-refractivity contribution in [1.82, 2.24) is 15.2 Å². The molecule has 2 aliphatic rings. The molecule has 3 rings (SSSR count). The Labute approximate surface area is 122 Å². The monoisotopic (exact) mass is 273 g/mol.